The van der Waals surface area contributed by atoms with Crippen molar-refractivity contribution in [2.75, 3.05) is 6.54 Å². The minimum Gasteiger partial charge on any atom is -0.347 e. The first-order valence-corrected chi connectivity index (χ1v) is 13.6. The van der Waals surface area contributed by atoms with E-state index in [2.05, 4.69) is 27.9 Å². The summed E-state index contributed by atoms with van der Waals surface area (Å²) >= 11 is 0. The number of aromatic nitrogens is 2. The van der Waals surface area contributed by atoms with Crippen LogP contribution in [0.3, 0.4) is 0 Å². The molecule has 1 heterocycles. The Morgan fingerprint density at radius 1 is 0.895 bits per heavy atom. The Morgan fingerprint density at radius 2 is 1.55 bits per heavy atom. The first-order valence-electron chi connectivity index (χ1n) is 13.6. The van der Waals surface area contributed by atoms with E-state index >= 15 is 0 Å². The molecular weight excluding hydrogens is 481 g/mol. The molecule has 202 valence electrons. The number of amides is 2. The average Bonchev–Trinajstić information content (AvgIpc) is 3.36. The summed E-state index contributed by atoms with van der Waals surface area (Å²) in [6.45, 7) is 2.08. The summed E-state index contributed by atoms with van der Waals surface area (Å²) in [6.07, 6.45) is 14.4. The van der Waals surface area contributed by atoms with Gasteiger partial charge < -0.3 is 5.32 Å². The van der Waals surface area contributed by atoms with E-state index in [1.807, 2.05) is 30.3 Å². The van der Waals surface area contributed by atoms with Gasteiger partial charge in [-0.05, 0) is 42.8 Å². The molecule has 0 aliphatic heterocycles. The quantitative estimate of drug-likeness (QED) is 0.135. The fourth-order valence-electron chi connectivity index (χ4n) is 4.10. The van der Waals surface area contributed by atoms with Gasteiger partial charge in [-0.1, -0.05) is 76.5 Å². The standard InChI is InChI=1S/C30H38FN5O2/c1-2-3-4-5-6-7-8-9-13-16-28(37)32-22-29(38)34-33-21-25-23-36(27-14-11-10-12-15-27)35-30(25)24-17-19-26(31)20-18-24/h10-12,14-15,17-21,23H,2-9,13,16,22H2,1H3,(H,32,37)(H,34,38). The van der Waals surface area contributed by atoms with Crippen LogP contribution in [0.5, 0.6) is 0 Å². The largest absolute Gasteiger partial charge is 0.347 e. The molecule has 2 amide bonds. The van der Waals surface area contributed by atoms with Gasteiger partial charge in [0.2, 0.25) is 5.91 Å². The van der Waals surface area contributed by atoms with E-state index in [1.54, 1.807) is 23.0 Å². The topological polar surface area (TPSA) is 88.4 Å². The molecule has 0 saturated heterocycles. The van der Waals surface area contributed by atoms with Gasteiger partial charge in [-0.3, -0.25) is 9.59 Å². The zero-order chi connectivity index (χ0) is 27.0. The molecule has 3 aromatic rings. The zero-order valence-corrected chi connectivity index (χ0v) is 22.2. The van der Waals surface area contributed by atoms with Crippen LogP contribution in [0.2, 0.25) is 0 Å². The highest BCUT2D eigenvalue weighted by molar-refractivity contribution is 5.90. The lowest BCUT2D eigenvalue weighted by molar-refractivity contribution is -0.126. The maximum Gasteiger partial charge on any atom is 0.259 e. The summed E-state index contributed by atoms with van der Waals surface area (Å²) in [5.74, 6) is -0.881. The molecule has 0 atom stereocenters. The van der Waals surface area contributed by atoms with Gasteiger partial charge in [0.25, 0.3) is 5.91 Å². The zero-order valence-electron chi connectivity index (χ0n) is 22.2. The van der Waals surface area contributed by atoms with Crippen LogP contribution in [0, 0.1) is 5.82 Å². The van der Waals surface area contributed by atoms with E-state index in [4.69, 9.17) is 0 Å². The summed E-state index contributed by atoms with van der Waals surface area (Å²) in [4.78, 5) is 24.2. The number of carbonyl (C=O) groups excluding carboxylic acids is 2. The van der Waals surface area contributed by atoms with Crippen LogP contribution in [0.1, 0.15) is 76.7 Å². The highest BCUT2D eigenvalue weighted by Gasteiger charge is 2.12. The molecule has 0 saturated carbocycles. The van der Waals surface area contributed by atoms with Crippen molar-refractivity contribution in [3.63, 3.8) is 0 Å². The fraction of sp³-hybridized carbons (Fsp3) is 0.400. The van der Waals surface area contributed by atoms with Crippen molar-refractivity contribution in [2.24, 2.45) is 5.10 Å². The lowest BCUT2D eigenvalue weighted by Crippen LogP contribution is -2.34. The number of unbranched alkanes of at least 4 members (excludes halogenated alkanes) is 8. The van der Waals surface area contributed by atoms with E-state index < -0.39 is 5.91 Å². The number of hydrogen-bond acceptors (Lipinski definition) is 4. The molecule has 1 aromatic heterocycles. The Morgan fingerprint density at radius 3 is 2.24 bits per heavy atom. The molecule has 38 heavy (non-hydrogen) atoms. The molecule has 0 spiro atoms. The van der Waals surface area contributed by atoms with Gasteiger partial charge in [-0.2, -0.15) is 10.2 Å². The van der Waals surface area contributed by atoms with Gasteiger partial charge in [0.1, 0.15) is 11.5 Å². The molecule has 0 aliphatic carbocycles. The Bertz CT molecular complexity index is 1160. The number of para-hydroxylation sites is 1. The summed E-state index contributed by atoms with van der Waals surface area (Å²) in [6, 6.07) is 15.6. The third-order valence-electron chi connectivity index (χ3n) is 6.23. The highest BCUT2D eigenvalue weighted by Crippen LogP contribution is 2.23. The second kappa shape index (κ2) is 16.1. The van der Waals surface area contributed by atoms with Crippen LogP contribution in [0.15, 0.2) is 65.9 Å². The van der Waals surface area contributed by atoms with Gasteiger partial charge >= 0.3 is 0 Å². The number of hydrogen-bond donors (Lipinski definition) is 2. The van der Waals surface area contributed by atoms with Gasteiger partial charge in [-0.25, -0.2) is 14.5 Å². The molecule has 3 rings (SSSR count). The van der Waals surface area contributed by atoms with Gasteiger partial charge in [0, 0.05) is 23.7 Å². The van der Waals surface area contributed by atoms with Crippen molar-refractivity contribution in [2.45, 2.75) is 71.1 Å². The molecule has 8 heteroatoms. The fourth-order valence-corrected chi connectivity index (χ4v) is 4.10. The number of carbonyl (C=O) groups is 2. The molecular formula is C30H38FN5O2. The first kappa shape index (κ1) is 28.8. The van der Waals surface area contributed by atoms with Crippen LogP contribution in [0.25, 0.3) is 16.9 Å². The number of nitrogens with zero attached hydrogens (tertiary/aromatic N) is 3. The summed E-state index contributed by atoms with van der Waals surface area (Å²) in [5, 5.41) is 11.3. The van der Waals surface area contributed by atoms with Crippen molar-refractivity contribution in [1.29, 1.82) is 0 Å². The number of rotatable bonds is 16. The molecule has 7 nitrogen and oxygen atoms in total. The van der Waals surface area contributed by atoms with E-state index in [0.29, 0.717) is 17.7 Å². The summed E-state index contributed by atoms with van der Waals surface area (Å²) < 4.78 is 15.1. The minimum atomic E-state index is -0.416. The van der Waals surface area contributed by atoms with Crippen molar-refractivity contribution >= 4 is 18.0 Å². The predicted molar refractivity (Wildman–Crippen MR) is 150 cm³/mol. The number of nitrogens with one attached hydrogen (secondary N) is 2. The average molecular weight is 520 g/mol. The normalized spacial score (nSPS) is 11.1. The third kappa shape index (κ3) is 9.92. The van der Waals surface area contributed by atoms with E-state index in [1.165, 1.54) is 56.9 Å². The first-order chi connectivity index (χ1) is 18.6. The Labute approximate surface area is 224 Å². The molecule has 0 aliphatic rings. The smallest absolute Gasteiger partial charge is 0.259 e. The Balaban J connectivity index is 1.44. The molecule has 0 unspecified atom stereocenters. The summed E-state index contributed by atoms with van der Waals surface area (Å²) in [7, 11) is 0. The Kier molecular flexibility index (Phi) is 12.2. The van der Waals surface area contributed by atoms with Crippen LogP contribution >= 0.6 is 0 Å². The van der Waals surface area contributed by atoms with Gasteiger partial charge in [0.05, 0.1) is 18.4 Å². The van der Waals surface area contributed by atoms with E-state index in [-0.39, 0.29) is 18.3 Å². The maximum atomic E-state index is 13.4. The van der Waals surface area contributed by atoms with Crippen molar-refractivity contribution in [3.05, 3.63) is 72.2 Å². The SMILES string of the molecule is CCCCCCCCCCCC(=O)NCC(=O)NN=Cc1cn(-c2ccccc2)nc1-c1ccc(F)cc1. The third-order valence-corrected chi connectivity index (χ3v) is 6.23. The lowest BCUT2D eigenvalue weighted by Gasteiger charge is -2.05. The van der Waals surface area contributed by atoms with Crippen LogP contribution in [-0.2, 0) is 9.59 Å². The van der Waals surface area contributed by atoms with Crippen LogP contribution in [0.4, 0.5) is 4.39 Å². The highest BCUT2D eigenvalue weighted by atomic mass is 19.1. The monoisotopic (exact) mass is 519 g/mol. The van der Waals surface area contributed by atoms with Crippen LogP contribution < -0.4 is 10.7 Å². The molecule has 0 fully saturated rings. The lowest BCUT2D eigenvalue weighted by atomic mass is 10.1. The van der Waals surface area contributed by atoms with Crippen molar-refractivity contribution in [1.82, 2.24) is 20.5 Å². The van der Waals surface area contributed by atoms with Crippen LogP contribution in [-0.4, -0.2) is 34.4 Å². The molecule has 2 aromatic carbocycles. The second-order valence-corrected chi connectivity index (χ2v) is 9.37. The van der Waals surface area contributed by atoms with Gasteiger partial charge in [-0.15, -0.1) is 0 Å². The molecule has 0 bridgehead atoms. The van der Waals surface area contributed by atoms with Gasteiger partial charge in [0.15, 0.2) is 0 Å². The summed E-state index contributed by atoms with van der Waals surface area (Å²) in [5.41, 5.74) is 5.27. The molecule has 2 N–H and O–H groups in total. The Hall–Kier alpha value is -3.81. The number of hydrazone groups is 1. The minimum absolute atomic E-state index is 0.130. The van der Waals surface area contributed by atoms with Crippen molar-refractivity contribution in [3.8, 4) is 16.9 Å². The predicted octanol–water partition coefficient (Wildman–Crippen LogP) is 6.17. The van der Waals surface area contributed by atoms with E-state index in [9.17, 15) is 14.0 Å². The van der Waals surface area contributed by atoms with E-state index in [0.717, 1.165) is 30.5 Å². The molecule has 0 radical (unpaired) electrons. The van der Waals surface area contributed by atoms with Crippen molar-refractivity contribution < 1.29 is 14.0 Å². The maximum absolute atomic E-state index is 13.4. The number of halogens is 1. The number of benzene rings is 2. The second-order valence-electron chi connectivity index (χ2n) is 9.37.